The van der Waals surface area contributed by atoms with Crippen molar-refractivity contribution in [2.45, 2.75) is 25.8 Å². The van der Waals surface area contributed by atoms with Crippen molar-refractivity contribution in [3.63, 3.8) is 0 Å². The van der Waals surface area contributed by atoms with Crippen molar-refractivity contribution in [3.8, 4) is 0 Å². The Morgan fingerprint density at radius 1 is 1.07 bits per heavy atom. The zero-order valence-corrected chi connectivity index (χ0v) is 18.3. The van der Waals surface area contributed by atoms with Crippen molar-refractivity contribution in [1.82, 2.24) is 4.90 Å². The molecule has 2 amide bonds. The summed E-state index contributed by atoms with van der Waals surface area (Å²) in [5.41, 5.74) is 8.76. The van der Waals surface area contributed by atoms with Crippen molar-refractivity contribution >= 4 is 40.0 Å². The Morgan fingerprint density at radius 2 is 1.72 bits per heavy atom. The Kier molecular flexibility index (Phi) is 6.24. The summed E-state index contributed by atoms with van der Waals surface area (Å²) in [5, 5.41) is 1.61. The maximum Gasteiger partial charge on any atom is 0.261 e. The number of benzene rings is 2. The van der Waals surface area contributed by atoms with E-state index in [0.29, 0.717) is 34.8 Å². The number of imide groups is 1. The maximum atomic E-state index is 12.5. The van der Waals surface area contributed by atoms with Crippen LogP contribution in [0.25, 0.3) is 10.9 Å². The van der Waals surface area contributed by atoms with Crippen LogP contribution < -0.4 is 27.3 Å². The number of pyridine rings is 1. The third-order valence-corrected chi connectivity index (χ3v) is 5.56. The average molecular weight is 475 g/mol. The molecular weight excluding hydrogens is 454 g/mol. The average Bonchev–Trinajstić information content (AvgIpc) is 2.93. The van der Waals surface area contributed by atoms with Crippen molar-refractivity contribution in [2.24, 2.45) is 0 Å². The molecule has 29 heavy (non-hydrogen) atoms. The molecule has 2 heterocycles. The molecule has 1 aromatic heterocycles. The van der Waals surface area contributed by atoms with Gasteiger partial charge >= 0.3 is 0 Å². The van der Waals surface area contributed by atoms with Gasteiger partial charge in [0.25, 0.3) is 11.8 Å². The van der Waals surface area contributed by atoms with E-state index < -0.39 is 0 Å². The van der Waals surface area contributed by atoms with Gasteiger partial charge in [0.05, 0.1) is 22.2 Å². The molecule has 3 aromatic rings. The molecule has 150 valence electrons. The van der Waals surface area contributed by atoms with Crippen LogP contribution in [0.4, 0.5) is 5.69 Å². The molecule has 1 atom stereocenters. The van der Waals surface area contributed by atoms with Crippen LogP contribution in [-0.2, 0) is 0 Å². The van der Waals surface area contributed by atoms with Gasteiger partial charge in [-0.05, 0) is 37.6 Å². The second-order valence-electron chi connectivity index (χ2n) is 7.14. The summed E-state index contributed by atoms with van der Waals surface area (Å²) >= 11 is 6.18. The molecule has 2 N–H and O–H groups in total. The number of nitrogen functional groups attached to an aromatic ring is 1. The van der Waals surface area contributed by atoms with Crippen LogP contribution in [-0.4, -0.2) is 23.3 Å². The third-order valence-electron chi connectivity index (χ3n) is 5.32. The van der Waals surface area contributed by atoms with Gasteiger partial charge in [-0.25, -0.2) is 0 Å². The first kappa shape index (κ1) is 21.3. The standard InChI is InChI=1S/C22H20ClN3O2.BrH/c1-14(25-12-10-19(24)18-9-8-15(23)13-20(18)25)5-4-11-26-21(27)16-6-2-3-7-17(16)22(26)28;/h2-3,6-10,12-14,24H,4-5,11H2,1H3;1H. The van der Waals surface area contributed by atoms with Gasteiger partial charge in [0.2, 0.25) is 5.52 Å². The second kappa shape index (κ2) is 8.51. The number of fused-ring (bicyclic) bond motifs is 2. The predicted molar refractivity (Wildman–Crippen MR) is 109 cm³/mol. The molecule has 0 radical (unpaired) electrons. The zero-order chi connectivity index (χ0) is 19.8. The Morgan fingerprint density at radius 3 is 2.38 bits per heavy atom. The molecule has 0 saturated carbocycles. The first-order valence-electron chi connectivity index (χ1n) is 9.31. The summed E-state index contributed by atoms with van der Waals surface area (Å²) in [5.74, 6) is -0.406. The molecule has 0 bridgehead atoms. The number of halogens is 2. The third kappa shape index (κ3) is 3.87. The minimum absolute atomic E-state index is 0. The summed E-state index contributed by atoms with van der Waals surface area (Å²) in [6.07, 6.45) is 3.48. The van der Waals surface area contributed by atoms with Crippen molar-refractivity contribution < 1.29 is 31.1 Å². The Balaban J connectivity index is 0.00000240. The van der Waals surface area contributed by atoms with E-state index in [2.05, 4.69) is 11.5 Å². The SMILES string of the molecule is CC(CCCN1C(=O)c2ccccc2C1=O)[n+]1ccc(N)c2ccc(Cl)cc21.[Br-]. The Hall–Kier alpha value is -2.44. The monoisotopic (exact) mass is 473 g/mol. The summed E-state index contributed by atoms with van der Waals surface area (Å²) in [6.45, 7) is 2.52. The van der Waals surface area contributed by atoms with E-state index in [0.717, 1.165) is 17.3 Å². The number of nitrogens with two attached hydrogens (primary N) is 1. The van der Waals surface area contributed by atoms with E-state index in [9.17, 15) is 9.59 Å². The smallest absolute Gasteiger partial charge is 0.261 e. The molecular formula is C22H21BrClN3O2. The van der Waals surface area contributed by atoms with Crippen LogP contribution in [0.5, 0.6) is 0 Å². The quantitative estimate of drug-likeness (QED) is 0.443. The van der Waals surface area contributed by atoms with Gasteiger partial charge in [-0.2, -0.15) is 4.57 Å². The zero-order valence-electron chi connectivity index (χ0n) is 15.9. The highest BCUT2D eigenvalue weighted by atomic mass is 79.9. The Labute approximate surface area is 184 Å². The molecule has 4 rings (SSSR count). The fraction of sp³-hybridized carbons (Fsp3) is 0.227. The Bertz CT molecular complexity index is 1070. The van der Waals surface area contributed by atoms with Gasteiger partial charge in [0.15, 0.2) is 12.2 Å². The van der Waals surface area contributed by atoms with Gasteiger partial charge < -0.3 is 22.7 Å². The van der Waals surface area contributed by atoms with Gasteiger partial charge in [0, 0.05) is 30.1 Å². The van der Waals surface area contributed by atoms with Gasteiger partial charge in [-0.1, -0.05) is 23.7 Å². The number of rotatable bonds is 5. The number of anilines is 1. The molecule has 0 spiro atoms. The minimum Gasteiger partial charge on any atom is -1.00 e. The van der Waals surface area contributed by atoms with E-state index in [1.807, 2.05) is 30.5 Å². The molecule has 0 fully saturated rings. The number of carbonyl (C=O) groups excluding carboxylic acids is 2. The highest BCUT2D eigenvalue weighted by Gasteiger charge is 2.34. The lowest BCUT2D eigenvalue weighted by Gasteiger charge is -2.15. The molecule has 5 nitrogen and oxygen atoms in total. The molecule has 7 heteroatoms. The van der Waals surface area contributed by atoms with Crippen molar-refractivity contribution in [3.05, 3.63) is 70.9 Å². The molecule has 1 aliphatic heterocycles. The van der Waals surface area contributed by atoms with Crippen LogP contribution in [0.15, 0.2) is 54.7 Å². The summed E-state index contributed by atoms with van der Waals surface area (Å²) in [7, 11) is 0. The van der Waals surface area contributed by atoms with Crippen molar-refractivity contribution in [2.75, 3.05) is 12.3 Å². The lowest BCUT2D eigenvalue weighted by Crippen LogP contribution is -3.00. The first-order chi connectivity index (χ1) is 13.5. The fourth-order valence-corrected chi connectivity index (χ4v) is 3.97. The normalized spacial score (nSPS) is 14.1. The highest BCUT2D eigenvalue weighted by Crippen LogP contribution is 2.25. The number of carbonyl (C=O) groups is 2. The number of hydrogen-bond acceptors (Lipinski definition) is 3. The van der Waals surface area contributed by atoms with Gasteiger partial charge in [-0.3, -0.25) is 14.5 Å². The van der Waals surface area contributed by atoms with E-state index in [1.54, 1.807) is 24.3 Å². The van der Waals surface area contributed by atoms with Crippen LogP contribution in [0.3, 0.4) is 0 Å². The summed E-state index contributed by atoms with van der Waals surface area (Å²) in [4.78, 5) is 26.3. The van der Waals surface area contributed by atoms with Crippen LogP contribution in [0.1, 0.15) is 46.5 Å². The second-order valence-corrected chi connectivity index (χ2v) is 7.58. The van der Waals surface area contributed by atoms with Crippen LogP contribution >= 0.6 is 11.6 Å². The maximum absolute atomic E-state index is 12.5. The topological polar surface area (TPSA) is 67.3 Å². The molecule has 1 aliphatic rings. The first-order valence-corrected chi connectivity index (χ1v) is 9.69. The van der Waals surface area contributed by atoms with E-state index in [4.69, 9.17) is 17.3 Å². The number of hydrogen-bond donors (Lipinski definition) is 1. The molecule has 0 saturated heterocycles. The lowest BCUT2D eigenvalue weighted by atomic mass is 10.1. The van der Waals surface area contributed by atoms with E-state index >= 15 is 0 Å². The van der Waals surface area contributed by atoms with Crippen LogP contribution in [0.2, 0.25) is 5.02 Å². The van der Waals surface area contributed by atoms with Gasteiger partial charge in [0.1, 0.15) is 0 Å². The van der Waals surface area contributed by atoms with E-state index in [-0.39, 0.29) is 34.8 Å². The number of amides is 2. The van der Waals surface area contributed by atoms with Crippen LogP contribution in [0, 0.1) is 0 Å². The fourth-order valence-electron chi connectivity index (χ4n) is 3.80. The lowest BCUT2D eigenvalue weighted by molar-refractivity contribution is -0.695. The predicted octanol–water partition coefficient (Wildman–Crippen LogP) is 1.00. The van der Waals surface area contributed by atoms with E-state index in [1.165, 1.54) is 4.90 Å². The molecule has 2 aromatic carbocycles. The molecule has 0 aliphatic carbocycles. The van der Waals surface area contributed by atoms with Crippen molar-refractivity contribution in [1.29, 1.82) is 0 Å². The molecule has 1 unspecified atom stereocenters. The number of aromatic nitrogens is 1. The van der Waals surface area contributed by atoms with Gasteiger partial charge in [-0.15, -0.1) is 0 Å². The highest BCUT2D eigenvalue weighted by molar-refractivity contribution is 6.31. The summed E-state index contributed by atoms with van der Waals surface area (Å²) in [6, 6.07) is 14.7. The minimum atomic E-state index is -0.203. The summed E-state index contributed by atoms with van der Waals surface area (Å²) < 4.78 is 2.14. The number of nitrogens with zero attached hydrogens (tertiary/aromatic N) is 2. The largest absolute Gasteiger partial charge is 1.00 e.